The van der Waals surface area contributed by atoms with Gasteiger partial charge in [0.1, 0.15) is 5.75 Å². The summed E-state index contributed by atoms with van der Waals surface area (Å²) in [6, 6.07) is 14.5. The Labute approximate surface area is 158 Å². The number of hydrogen-bond acceptors (Lipinski definition) is 3. The molecule has 0 fully saturated rings. The van der Waals surface area contributed by atoms with Crippen molar-refractivity contribution in [3.05, 3.63) is 65.2 Å². The van der Waals surface area contributed by atoms with E-state index in [2.05, 4.69) is 5.32 Å². The second-order valence-corrected chi connectivity index (χ2v) is 6.89. The second-order valence-electron chi connectivity index (χ2n) is 6.89. The highest BCUT2D eigenvalue weighted by Crippen LogP contribution is 2.23. The molecule has 0 bridgehead atoms. The van der Waals surface area contributed by atoms with Crippen molar-refractivity contribution >= 4 is 12.0 Å². The summed E-state index contributed by atoms with van der Waals surface area (Å²) in [5, 5.41) is 21.7. The third kappa shape index (κ3) is 5.23. The van der Waals surface area contributed by atoms with Gasteiger partial charge in [-0.2, -0.15) is 0 Å². The molecule has 6 heteroatoms. The summed E-state index contributed by atoms with van der Waals surface area (Å²) < 4.78 is 0. The molecule has 2 amide bonds. The first-order valence-corrected chi connectivity index (χ1v) is 9.13. The van der Waals surface area contributed by atoms with Gasteiger partial charge in [-0.25, -0.2) is 4.79 Å². The van der Waals surface area contributed by atoms with Crippen molar-refractivity contribution in [2.75, 3.05) is 6.54 Å². The van der Waals surface area contributed by atoms with Gasteiger partial charge in [0.2, 0.25) is 0 Å². The van der Waals surface area contributed by atoms with E-state index in [1.165, 1.54) is 0 Å². The Balaban J connectivity index is 1.65. The van der Waals surface area contributed by atoms with Crippen LogP contribution in [-0.2, 0) is 24.2 Å². The van der Waals surface area contributed by atoms with Gasteiger partial charge in [0.25, 0.3) is 0 Å². The van der Waals surface area contributed by atoms with Gasteiger partial charge in [0.15, 0.2) is 0 Å². The SMILES string of the molecule is O=C(O)CCC(Cc1ccccc1)NC(=O)N1CCc2ccc(O)cc2C1. The monoisotopic (exact) mass is 368 g/mol. The number of hydrogen-bond donors (Lipinski definition) is 3. The highest BCUT2D eigenvalue weighted by molar-refractivity contribution is 5.75. The van der Waals surface area contributed by atoms with Gasteiger partial charge in [-0.15, -0.1) is 0 Å². The molecule has 0 aliphatic carbocycles. The van der Waals surface area contributed by atoms with Crippen LogP contribution in [0.15, 0.2) is 48.5 Å². The topological polar surface area (TPSA) is 89.9 Å². The zero-order valence-corrected chi connectivity index (χ0v) is 15.1. The fraction of sp³-hybridized carbons (Fsp3) is 0.333. The smallest absolute Gasteiger partial charge is 0.317 e. The van der Waals surface area contributed by atoms with Crippen LogP contribution in [0, 0.1) is 0 Å². The summed E-state index contributed by atoms with van der Waals surface area (Å²) in [4.78, 5) is 25.4. The Hall–Kier alpha value is -3.02. The first-order chi connectivity index (χ1) is 13.0. The van der Waals surface area contributed by atoms with E-state index in [1.54, 1.807) is 17.0 Å². The lowest BCUT2D eigenvalue weighted by Crippen LogP contribution is -2.47. The number of benzene rings is 2. The molecule has 3 rings (SSSR count). The summed E-state index contributed by atoms with van der Waals surface area (Å²) in [7, 11) is 0. The number of carboxylic acids is 1. The van der Waals surface area contributed by atoms with E-state index >= 15 is 0 Å². The summed E-state index contributed by atoms with van der Waals surface area (Å²) in [6.07, 6.45) is 1.71. The molecule has 2 aromatic carbocycles. The summed E-state index contributed by atoms with van der Waals surface area (Å²) >= 11 is 0. The largest absolute Gasteiger partial charge is 0.508 e. The summed E-state index contributed by atoms with van der Waals surface area (Å²) in [5.41, 5.74) is 3.15. The minimum Gasteiger partial charge on any atom is -0.508 e. The number of phenols is 1. The number of carbonyl (C=O) groups is 2. The van der Waals surface area contributed by atoms with E-state index in [0.29, 0.717) is 25.9 Å². The van der Waals surface area contributed by atoms with E-state index in [-0.39, 0.29) is 24.2 Å². The molecule has 0 aromatic heterocycles. The molecule has 1 atom stereocenters. The van der Waals surface area contributed by atoms with Crippen molar-refractivity contribution in [3.8, 4) is 5.75 Å². The Morgan fingerprint density at radius 3 is 2.63 bits per heavy atom. The molecule has 6 nitrogen and oxygen atoms in total. The fourth-order valence-electron chi connectivity index (χ4n) is 3.40. The number of amides is 2. The highest BCUT2D eigenvalue weighted by Gasteiger charge is 2.23. The fourth-order valence-corrected chi connectivity index (χ4v) is 3.40. The van der Waals surface area contributed by atoms with Crippen LogP contribution in [0.3, 0.4) is 0 Å². The predicted octanol–water partition coefficient (Wildman–Crippen LogP) is 2.94. The van der Waals surface area contributed by atoms with E-state index in [1.807, 2.05) is 36.4 Å². The Morgan fingerprint density at radius 2 is 1.89 bits per heavy atom. The normalized spacial score (nSPS) is 14.3. The number of rotatable bonds is 6. The van der Waals surface area contributed by atoms with Crippen LogP contribution in [0.4, 0.5) is 4.79 Å². The molecule has 1 aliphatic heterocycles. The van der Waals surface area contributed by atoms with E-state index in [9.17, 15) is 14.7 Å². The van der Waals surface area contributed by atoms with Gasteiger partial charge < -0.3 is 20.4 Å². The van der Waals surface area contributed by atoms with Crippen LogP contribution in [0.5, 0.6) is 5.75 Å². The molecular formula is C21H24N2O4. The van der Waals surface area contributed by atoms with Crippen molar-refractivity contribution < 1.29 is 19.8 Å². The van der Waals surface area contributed by atoms with Crippen LogP contribution in [0.2, 0.25) is 0 Å². The lowest BCUT2D eigenvalue weighted by atomic mass is 9.99. The molecule has 3 N–H and O–H groups in total. The quantitative estimate of drug-likeness (QED) is 0.731. The van der Waals surface area contributed by atoms with Crippen molar-refractivity contribution in [1.82, 2.24) is 10.2 Å². The molecule has 0 spiro atoms. The zero-order valence-electron chi connectivity index (χ0n) is 15.1. The zero-order chi connectivity index (χ0) is 19.2. The van der Waals surface area contributed by atoms with Crippen molar-refractivity contribution in [2.45, 2.75) is 38.3 Å². The second kappa shape index (κ2) is 8.58. The molecule has 0 saturated heterocycles. The average Bonchev–Trinajstić information content (AvgIpc) is 2.66. The van der Waals surface area contributed by atoms with Crippen molar-refractivity contribution in [3.63, 3.8) is 0 Å². The maximum Gasteiger partial charge on any atom is 0.317 e. The molecule has 142 valence electrons. The standard InChI is InChI=1S/C21H24N2O4/c24-19-8-6-16-10-11-23(14-17(16)13-19)21(27)22-18(7-9-20(25)26)12-15-4-2-1-3-5-15/h1-6,8,13,18,24H,7,9-12,14H2,(H,22,27)(H,25,26). The van der Waals surface area contributed by atoms with Crippen LogP contribution in [0.1, 0.15) is 29.5 Å². The Kier molecular flexibility index (Phi) is 5.96. The lowest BCUT2D eigenvalue weighted by molar-refractivity contribution is -0.137. The van der Waals surface area contributed by atoms with Crippen molar-refractivity contribution in [1.29, 1.82) is 0 Å². The van der Waals surface area contributed by atoms with E-state index < -0.39 is 5.97 Å². The maximum absolute atomic E-state index is 12.7. The first kappa shape index (κ1) is 18.8. The number of nitrogens with zero attached hydrogens (tertiary/aromatic N) is 1. The highest BCUT2D eigenvalue weighted by atomic mass is 16.4. The molecule has 27 heavy (non-hydrogen) atoms. The van der Waals surface area contributed by atoms with Gasteiger partial charge in [-0.1, -0.05) is 36.4 Å². The maximum atomic E-state index is 12.7. The molecule has 2 aromatic rings. The molecule has 0 radical (unpaired) electrons. The Morgan fingerprint density at radius 1 is 1.11 bits per heavy atom. The molecule has 1 unspecified atom stereocenters. The summed E-state index contributed by atoms with van der Waals surface area (Å²) in [6.45, 7) is 1.03. The van der Waals surface area contributed by atoms with Gasteiger partial charge in [0.05, 0.1) is 0 Å². The number of urea groups is 1. The van der Waals surface area contributed by atoms with Gasteiger partial charge >= 0.3 is 12.0 Å². The van der Waals surface area contributed by atoms with Gasteiger partial charge in [-0.3, -0.25) is 4.79 Å². The lowest BCUT2D eigenvalue weighted by Gasteiger charge is -2.31. The first-order valence-electron chi connectivity index (χ1n) is 9.13. The number of aliphatic carboxylic acids is 1. The third-order valence-corrected chi connectivity index (χ3v) is 4.85. The molecule has 1 heterocycles. The number of carboxylic acid groups (broad SMARTS) is 1. The van der Waals surface area contributed by atoms with E-state index in [0.717, 1.165) is 23.1 Å². The number of phenolic OH excluding ortho intramolecular Hbond substituents is 1. The summed E-state index contributed by atoms with van der Waals surface area (Å²) in [5.74, 6) is -0.677. The number of fused-ring (bicyclic) bond motifs is 1. The average molecular weight is 368 g/mol. The number of nitrogens with one attached hydrogen (secondary N) is 1. The van der Waals surface area contributed by atoms with Crippen LogP contribution < -0.4 is 5.32 Å². The van der Waals surface area contributed by atoms with Gasteiger partial charge in [0, 0.05) is 25.6 Å². The van der Waals surface area contributed by atoms with Crippen molar-refractivity contribution in [2.24, 2.45) is 0 Å². The minimum atomic E-state index is -0.871. The van der Waals surface area contributed by atoms with Gasteiger partial charge in [-0.05, 0) is 48.1 Å². The molecule has 1 aliphatic rings. The number of aromatic hydroxyl groups is 1. The van der Waals surface area contributed by atoms with Crippen LogP contribution in [0.25, 0.3) is 0 Å². The number of carbonyl (C=O) groups excluding carboxylic acids is 1. The minimum absolute atomic E-state index is 0.00842. The molecular weight excluding hydrogens is 344 g/mol. The van der Waals surface area contributed by atoms with Crippen LogP contribution >= 0.6 is 0 Å². The van der Waals surface area contributed by atoms with E-state index in [4.69, 9.17) is 5.11 Å². The van der Waals surface area contributed by atoms with Crippen LogP contribution in [-0.4, -0.2) is 39.7 Å². The molecule has 0 saturated carbocycles. The predicted molar refractivity (Wildman–Crippen MR) is 102 cm³/mol. The third-order valence-electron chi connectivity index (χ3n) is 4.85. The Bertz CT molecular complexity index is 807.